The highest BCUT2D eigenvalue weighted by atomic mass is 28.3. The lowest BCUT2D eigenvalue weighted by atomic mass is 10.2. The van der Waals surface area contributed by atoms with Crippen LogP contribution in [0.3, 0.4) is 0 Å². The maximum absolute atomic E-state index is 5.45. The Morgan fingerprint density at radius 2 is 1.43 bits per heavy atom. The van der Waals surface area contributed by atoms with Crippen LogP contribution in [0.25, 0.3) is 0 Å². The minimum absolute atomic E-state index is 0.842. The van der Waals surface area contributed by atoms with Gasteiger partial charge in [0.25, 0.3) is 0 Å². The van der Waals surface area contributed by atoms with Gasteiger partial charge in [-0.05, 0) is 18.9 Å². The van der Waals surface area contributed by atoms with E-state index in [0.717, 1.165) is 58.5 Å². The van der Waals surface area contributed by atoms with Gasteiger partial charge < -0.3 is 9.47 Å². The topological polar surface area (TPSA) is 24.9 Å². The van der Waals surface area contributed by atoms with Crippen LogP contribution in [-0.4, -0.2) is 83.6 Å². The highest BCUT2D eigenvalue weighted by molar-refractivity contribution is 6.77. The molecule has 2 fully saturated rings. The minimum Gasteiger partial charge on any atom is -0.379 e. The summed E-state index contributed by atoms with van der Waals surface area (Å²) in [7, 11) is -1.04. The van der Waals surface area contributed by atoms with Crippen molar-refractivity contribution in [3.05, 3.63) is 0 Å². The molecule has 0 bridgehead atoms. The van der Waals surface area contributed by atoms with Gasteiger partial charge in [-0.25, -0.2) is 0 Å². The smallest absolute Gasteiger partial charge is 0.0594 e. The van der Waals surface area contributed by atoms with Crippen LogP contribution in [0.1, 0.15) is 19.8 Å². The number of unbranched alkanes of at least 4 members (excludes halogenated alkanes) is 1. The Kier molecular flexibility index (Phi) is 8.54. The highest BCUT2D eigenvalue weighted by Gasteiger charge is 2.24. The van der Waals surface area contributed by atoms with Gasteiger partial charge in [0.15, 0.2) is 0 Å². The van der Waals surface area contributed by atoms with E-state index in [1.165, 1.54) is 38.0 Å². The summed E-state index contributed by atoms with van der Waals surface area (Å²) in [6, 6.07) is 2.96. The number of rotatable bonds is 9. The molecule has 0 spiro atoms. The summed E-state index contributed by atoms with van der Waals surface area (Å²) in [4.78, 5) is 5.16. The van der Waals surface area contributed by atoms with Gasteiger partial charge in [-0.3, -0.25) is 9.80 Å². The van der Waals surface area contributed by atoms with Crippen molar-refractivity contribution in [3.8, 4) is 0 Å². The lowest BCUT2D eigenvalue weighted by molar-refractivity contribution is 0.0328. The zero-order chi connectivity index (χ0) is 16.5. The quantitative estimate of drug-likeness (QED) is 0.475. The summed E-state index contributed by atoms with van der Waals surface area (Å²) in [6.07, 6.45) is 2.79. The Morgan fingerprint density at radius 1 is 0.870 bits per heavy atom. The zero-order valence-electron chi connectivity index (χ0n) is 15.7. The van der Waals surface area contributed by atoms with Crippen LogP contribution in [0.2, 0.25) is 25.2 Å². The second-order valence-electron chi connectivity index (χ2n) is 8.30. The van der Waals surface area contributed by atoms with Crippen molar-refractivity contribution in [2.45, 2.75) is 44.9 Å². The molecule has 0 aromatic rings. The van der Waals surface area contributed by atoms with Crippen LogP contribution in [-0.2, 0) is 9.47 Å². The van der Waals surface area contributed by atoms with E-state index in [1.807, 2.05) is 0 Å². The van der Waals surface area contributed by atoms with E-state index < -0.39 is 8.07 Å². The number of ether oxygens (including phenoxy) is 2. The third kappa shape index (κ3) is 8.12. The maximum atomic E-state index is 5.45. The lowest BCUT2D eigenvalue weighted by Crippen LogP contribution is -2.40. The van der Waals surface area contributed by atoms with E-state index in [1.54, 1.807) is 0 Å². The Bertz CT molecular complexity index is 316. The van der Waals surface area contributed by atoms with Gasteiger partial charge in [0.2, 0.25) is 0 Å². The number of morpholine rings is 2. The second-order valence-corrected chi connectivity index (χ2v) is 13.5. The SMILES string of the molecule is CC(CN1CCOCC1)C[Si](C)(C)CCCCN1CCOCC1. The Morgan fingerprint density at radius 3 is 2.04 bits per heavy atom. The third-order valence-corrected chi connectivity index (χ3v) is 8.77. The molecule has 136 valence electrons. The van der Waals surface area contributed by atoms with Crippen LogP contribution >= 0.6 is 0 Å². The predicted octanol–water partition coefficient (Wildman–Crippen LogP) is 2.78. The third-order valence-electron chi connectivity index (χ3n) is 5.26. The van der Waals surface area contributed by atoms with Gasteiger partial charge in [0, 0.05) is 40.8 Å². The van der Waals surface area contributed by atoms with E-state index in [2.05, 4.69) is 29.8 Å². The van der Waals surface area contributed by atoms with E-state index in [4.69, 9.17) is 9.47 Å². The maximum Gasteiger partial charge on any atom is 0.0594 e. The fourth-order valence-electron chi connectivity index (χ4n) is 4.10. The van der Waals surface area contributed by atoms with E-state index in [0.29, 0.717) is 0 Å². The van der Waals surface area contributed by atoms with Crippen LogP contribution in [0.15, 0.2) is 0 Å². The summed E-state index contributed by atoms with van der Waals surface area (Å²) in [5, 5.41) is 0. The molecule has 2 heterocycles. The summed E-state index contributed by atoms with van der Waals surface area (Å²) in [6.45, 7) is 18.4. The van der Waals surface area contributed by atoms with E-state index >= 15 is 0 Å². The first-order chi connectivity index (χ1) is 11.1. The molecule has 4 nitrogen and oxygen atoms in total. The van der Waals surface area contributed by atoms with Gasteiger partial charge >= 0.3 is 0 Å². The molecule has 0 aromatic carbocycles. The molecule has 2 aliphatic heterocycles. The lowest BCUT2D eigenvalue weighted by Gasteiger charge is -2.32. The van der Waals surface area contributed by atoms with Crippen LogP contribution in [0.5, 0.6) is 0 Å². The molecule has 2 saturated heterocycles. The van der Waals surface area contributed by atoms with E-state index in [9.17, 15) is 0 Å². The molecular weight excluding hydrogens is 304 g/mol. The van der Waals surface area contributed by atoms with Crippen molar-refractivity contribution < 1.29 is 9.47 Å². The second kappa shape index (κ2) is 10.1. The first-order valence-electron chi connectivity index (χ1n) is 9.65. The Balaban J connectivity index is 1.56. The molecule has 23 heavy (non-hydrogen) atoms. The summed E-state index contributed by atoms with van der Waals surface area (Å²) in [5.74, 6) is 0.842. The molecule has 0 amide bonds. The molecule has 0 saturated carbocycles. The molecule has 2 aliphatic rings. The normalized spacial score (nSPS) is 23.1. The molecule has 1 atom stereocenters. The molecule has 0 N–H and O–H groups in total. The van der Waals surface area contributed by atoms with Crippen molar-refractivity contribution in [2.24, 2.45) is 5.92 Å². The number of hydrogen-bond donors (Lipinski definition) is 0. The van der Waals surface area contributed by atoms with Crippen LogP contribution < -0.4 is 0 Å². The van der Waals surface area contributed by atoms with Gasteiger partial charge in [-0.1, -0.05) is 38.5 Å². The fraction of sp³-hybridized carbons (Fsp3) is 1.00. The average molecular weight is 343 g/mol. The predicted molar refractivity (Wildman–Crippen MR) is 100 cm³/mol. The minimum atomic E-state index is -1.04. The standard InChI is InChI=1S/C18H38N2O2Si/c1-18(16-20-9-13-22-14-10-20)17-23(2,3)15-5-4-6-19-7-11-21-12-8-19/h18H,4-17H2,1-3H3. The molecule has 0 aliphatic carbocycles. The Labute approximate surface area is 144 Å². The fourth-order valence-corrected chi connectivity index (χ4v) is 7.53. The average Bonchev–Trinajstić information content (AvgIpc) is 2.53. The number of hydrogen-bond acceptors (Lipinski definition) is 4. The van der Waals surface area contributed by atoms with Crippen LogP contribution in [0, 0.1) is 5.92 Å². The van der Waals surface area contributed by atoms with Gasteiger partial charge in [0.05, 0.1) is 26.4 Å². The van der Waals surface area contributed by atoms with Crippen molar-refractivity contribution in [1.29, 1.82) is 0 Å². The van der Waals surface area contributed by atoms with Crippen molar-refractivity contribution in [3.63, 3.8) is 0 Å². The molecule has 0 aromatic heterocycles. The Hall–Kier alpha value is 0.0569. The zero-order valence-corrected chi connectivity index (χ0v) is 16.7. The van der Waals surface area contributed by atoms with Crippen molar-refractivity contribution in [2.75, 3.05) is 65.7 Å². The summed E-state index contributed by atoms with van der Waals surface area (Å²) in [5.41, 5.74) is 0. The summed E-state index contributed by atoms with van der Waals surface area (Å²) < 4.78 is 10.9. The van der Waals surface area contributed by atoms with Crippen molar-refractivity contribution >= 4 is 8.07 Å². The first kappa shape index (κ1) is 19.4. The molecule has 0 radical (unpaired) electrons. The van der Waals surface area contributed by atoms with Crippen molar-refractivity contribution in [1.82, 2.24) is 9.80 Å². The summed E-state index contributed by atoms with van der Waals surface area (Å²) >= 11 is 0. The van der Waals surface area contributed by atoms with E-state index in [-0.39, 0.29) is 0 Å². The van der Waals surface area contributed by atoms with Gasteiger partial charge in [-0.2, -0.15) is 0 Å². The molecule has 5 heteroatoms. The number of nitrogens with zero attached hydrogens (tertiary/aromatic N) is 2. The molecule has 2 rings (SSSR count). The first-order valence-corrected chi connectivity index (χ1v) is 13.1. The molecular formula is C18H38N2O2Si. The molecule has 1 unspecified atom stereocenters. The van der Waals surface area contributed by atoms with Gasteiger partial charge in [-0.15, -0.1) is 0 Å². The van der Waals surface area contributed by atoms with Gasteiger partial charge in [0.1, 0.15) is 0 Å². The van der Waals surface area contributed by atoms with Crippen LogP contribution in [0.4, 0.5) is 0 Å². The highest BCUT2D eigenvalue weighted by Crippen LogP contribution is 2.24. The monoisotopic (exact) mass is 342 g/mol. The largest absolute Gasteiger partial charge is 0.379 e.